The molecule has 1 aromatic carbocycles. The van der Waals surface area contributed by atoms with Gasteiger partial charge in [0.25, 0.3) is 0 Å². The minimum atomic E-state index is 0.632. The van der Waals surface area contributed by atoms with Gasteiger partial charge in [-0.3, -0.25) is 0 Å². The van der Waals surface area contributed by atoms with Crippen molar-refractivity contribution >= 4 is 0 Å². The van der Waals surface area contributed by atoms with Crippen LogP contribution in [0.4, 0.5) is 0 Å². The lowest BCUT2D eigenvalue weighted by Gasteiger charge is -2.25. The summed E-state index contributed by atoms with van der Waals surface area (Å²) in [5, 5.41) is 0. The summed E-state index contributed by atoms with van der Waals surface area (Å²) in [7, 11) is 0. The Kier molecular flexibility index (Phi) is 2.62. The SMILES string of the molecule is NCc1ccc(CC2COC2)cc1. The lowest BCUT2D eigenvalue weighted by atomic mass is 9.97. The fourth-order valence-corrected chi connectivity index (χ4v) is 1.55. The summed E-state index contributed by atoms with van der Waals surface area (Å²) in [6, 6.07) is 8.55. The van der Waals surface area contributed by atoms with Gasteiger partial charge in [0.1, 0.15) is 0 Å². The van der Waals surface area contributed by atoms with E-state index in [0.29, 0.717) is 6.54 Å². The minimum Gasteiger partial charge on any atom is -0.381 e. The van der Waals surface area contributed by atoms with Gasteiger partial charge in [-0.05, 0) is 17.5 Å². The monoisotopic (exact) mass is 177 g/mol. The van der Waals surface area contributed by atoms with Crippen LogP contribution in [0.3, 0.4) is 0 Å². The average molecular weight is 177 g/mol. The number of benzene rings is 1. The van der Waals surface area contributed by atoms with Crippen LogP contribution in [0, 0.1) is 5.92 Å². The van der Waals surface area contributed by atoms with Crippen molar-refractivity contribution in [2.45, 2.75) is 13.0 Å². The first-order valence-electron chi connectivity index (χ1n) is 4.74. The Morgan fingerprint density at radius 3 is 2.23 bits per heavy atom. The molecule has 2 N–H and O–H groups in total. The van der Waals surface area contributed by atoms with E-state index >= 15 is 0 Å². The molecular weight excluding hydrogens is 162 g/mol. The van der Waals surface area contributed by atoms with Gasteiger partial charge >= 0.3 is 0 Å². The van der Waals surface area contributed by atoms with Crippen molar-refractivity contribution < 1.29 is 4.74 Å². The number of nitrogens with two attached hydrogens (primary N) is 1. The van der Waals surface area contributed by atoms with Gasteiger partial charge in [-0.1, -0.05) is 24.3 Å². The molecule has 0 bridgehead atoms. The predicted octanol–water partition coefficient (Wildman–Crippen LogP) is 1.33. The normalized spacial score (nSPS) is 17.0. The number of rotatable bonds is 3. The van der Waals surface area contributed by atoms with E-state index in [-0.39, 0.29) is 0 Å². The van der Waals surface area contributed by atoms with Crippen molar-refractivity contribution in [2.24, 2.45) is 11.7 Å². The van der Waals surface area contributed by atoms with Gasteiger partial charge in [0.2, 0.25) is 0 Å². The van der Waals surface area contributed by atoms with Crippen LogP contribution in [0.1, 0.15) is 11.1 Å². The van der Waals surface area contributed by atoms with Crippen molar-refractivity contribution in [2.75, 3.05) is 13.2 Å². The van der Waals surface area contributed by atoms with E-state index in [2.05, 4.69) is 24.3 Å². The Labute approximate surface area is 78.7 Å². The van der Waals surface area contributed by atoms with Gasteiger partial charge in [-0.25, -0.2) is 0 Å². The summed E-state index contributed by atoms with van der Waals surface area (Å²) in [5.41, 5.74) is 8.11. The topological polar surface area (TPSA) is 35.2 Å². The smallest absolute Gasteiger partial charge is 0.0519 e. The molecule has 2 heteroatoms. The second kappa shape index (κ2) is 3.90. The van der Waals surface area contributed by atoms with Crippen LogP contribution in [-0.2, 0) is 17.7 Å². The van der Waals surface area contributed by atoms with Crippen LogP contribution in [0.2, 0.25) is 0 Å². The third kappa shape index (κ3) is 2.08. The summed E-state index contributed by atoms with van der Waals surface area (Å²) in [5.74, 6) is 0.740. The van der Waals surface area contributed by atoms with Gasteiger partial charge < -0.3 is 10.5 Å². The molecule has 1 aromatic rings. The van der Waals surface area contributed by atoms with Crippen molar-refractivity contribution in [3.05, 3.63) is 35.4 Å². The van der Waals surface area contributed by atoms with Gasteiger partial charge in [0.15, 0.2) is 0 Å². The molecule has 0 aromatic heterocycles. The highest BCUT2D eigenvalue weighted by Crippen LogP contribution is 2.16. The highest BCUT2D eigenvalue weighted by molar-refractivity contribution is 5.22. The van der Waals surface area contributed by atoms with Crippen molar-refractivity contribution in [3.63, 3.8) is 0 Å². The van der Waals surface area contributed by atoms with E-state index in [1.54, 1.807) is 0 Å². The summed E-state index contributed by atoms with van der Waals surface area (Å²) >= 11 is 0. The van der Waals surface area contributed by atoms with E-state index in [4.69, 9.17) is 10.5 Å². The van der Waals surface area contributed by atoms with Crippen molar-refractivity contribution in [3.8, 4) is 0 Å². The highest BCUT2D eigenvalue weighted by Gasteiger charge is 2.18. The van der Waals surface area contributed by atoms with Crippen molar-refractivity contribution in [1.29, 1.82) is 0 Å². The molecule has 0 aliphatic carbocycles. The maximum atomic E-state index is 5.52. The first-order chi connectivity index (χ1) is 6.38. The Morgan fingerprint density at radius 1 is 1.15 bits per heavy atom. The fourth-order valence-electron chi connectivity index (χ4n) is 1.55. The zero-order valence-corrected chi connectivity index (χ0v) is 7.70. The first kappa shape index (κ1) is 8.73. The van der Waals surface area contributed by atoms with Gasteiger partial charge in [-0.15, -0.1) is 0 Å². The molecule has 0 spiro atoms. The molecule has 1 saturated heterocycles. The molecule has 1 heterocycles. The van der Waals surface area contributed by atoms with E-state index in [1.165, 1.54) is 11.1 Å². The second-order valence-corrected chi connectivity index (χ2v) is 3.63. The molecule has 2 nitrogen and oxygen atoms in total. The van der Waals surface area contributed by atoms with Crippen LogP contribution < -0.4 is 5.73 Å². The Balaban J connectivity index is 1.96. The van der Waals surface area contributed by atoms with Crippen LogP contribution in [0.25, 0.3) is 0 Å². The van der Waals surface area contributed by atoms with Crippen LogP contribution in [0.15, 0.2) is 24.3 Å². The number of hydrogen-bond donors (Lipinski definition) is 1. The second-order valence-electron chi connectivity index (χ2n) is 3.63. The standard InChI is InChI=1S/C11H15NO/c12-6-10-3-1-9(2-4-10)5-11-7-13-8-11/h1-4,11H,5-8,12H2. The summed E-state index contributed by atoms with van der Waals surface area (Å²) in [4.78, 5) is 0. The Hall–Kier alpha value is -0.860. The lowest BCUT2D eigenvalue weighted by molar-refractivity contribution is -0.0312. The highest BCUT2D eigenvalue weighted by atomic mass is 16.5. The van der Waals surface area contributed by atoms with Crippen molar-refractivity contribution in [1.82, 2.24) is 0 Å². The van der Waals surface area contributed by atoms with Gasteiger partial charge in [0.05, 0.1) is 13.2 Å². The molecule has 1 fully saturated rings. The van der Waals surface area contributed by atoms with E-state index in [9.17, 15) is 0 Å². The summed E-state index contributed by atoms with van der Waals surface area (Å²) in [6.07, 6.45) is 1.14. The molecule has 0 saturated carbocycles. The quantitative estimate of drug-likeness (QED) is 0.756. The Bertz CT molecular complexity index is 264. The predicted molar refractivity (Wildman–Crippen MR) is 52.3 cm³/mol. The maximum Gasteiger partial charge on any atom is 0.0519 e. The van der Waals surface area contributed by atoms with Crippen LogP contribution in [0.5, 0.6) is 0 Å². The van der Waals surface area contributed by atoms with Crippen LogP contribution in [-0.4, -0.2) is 13.2 Å². The third-order valence-electron chi connectivity index (χ3n) is 2.49. The zero-order valence-electron chi connectivity index (χ0n) is 7.70. The lowest BCUT2D eigenvalue weighted by Crippen LogP contribution is -2.29. The molecule has 1 aliphatic rings. The number of hydrogen-bond acceptors (Lipinski definition) is 2. The molecule has 70 valence electrons. The minimum absolute atomic E-state index is 0.632. The van der Waals surface area contributed by atoms with E-state index in [0.717, 1.165) is 25.6 Å². The molecular formula is C11H15NO. The molecule has 2 rings (SSSR count). The maximum absolute atomic E-state index is 5.52. The third-order valence-corrected chi connectivity index (χ3v) is 2.49. The number of ether oxygens (including phenoxy) is 1. The Morgan fingerprint density at radius 2 is 1.77 bits per heavy atom. The van der Waals surface area contributed by atoms with Gasteiger partial charge in [-0.2, -0.15) is 0 Å². The zero-order chi connectivity index (χ0) is 9.10. The largest absolute Gasteiger partial charge is 0.381 e. The molecule has 0 unspecified atom stereocenters. The molecule has 0 radical (unpaired) electrons. The summed E-state index contributed by atoms with van der Waals surface area (Å²) in [6.45, 7) is 2.49. The average Bonchev–Trinajstić information content (AvgIpc) is 2.12. The fraction of sp³-hybridized carbons (Fsp3) is 0.455. The van der Waals surface area contributed by atoms with E-state index < -0.39 is 0 Å². The van der Waals surface area contributed by atoms with E-state index in [1.807, 2.05) is 0 Å². The molecule has 0 atom stereocenters. The summed E-state index contributed by atoms with van der Waals surface area (Å²) < 4.78 is 5.13. The van der Waals surface area contributed by atoms with Gasteiger partial charge in [0, 0.05) is 12.5 Å². The molecule has 1 aliphatic heterocycles. The molecule has 0 amide bonds. The van der Waals surface area contributed by atoms with Crippen LogP contribution >= 0.6 is 0 Å². The molecule has 13 heavy (non-hydrogen) atoms. The first-order valence-corrected chi connectivity index (χ1v) is 4.74.